The van der Waals surface area contributed by atoms with Crippen molar-refractivity contribution in [2.75, 3.05) is 20.8 Å². The maximum absolute atomic E-state index is 10.1. The number of benzene rings is 2. The minimum atomic E-state index is -0.418. The number of hydrogen-bond acceptors (Lipinski definition) is 4. The lowest BCUT2D eigenvalue weighted by Crippen LogP contribution is -2.28. The first-order valence-corrected chi connectivity index (χ1v) is 7.37. The fraction of sp³-hybridized carbons (Fsp3) is 0.333. The number of aliphatic hydroxyl groups excluding tert-OH is 1. The Morgan fingerprint density at radius 3 is 2.45 bits per heavy atom. The Balaban J connectivity index is 1.86. The van der Waals surface area contributed by atoms with E-state index in [1.807, 2.05) is 48.5 Å². The fourth-order valence-electron chi connectivity index (χ4n) is 2.42. The molecule has 2 N–H and O–H groups in total. The average Bonchev–Trinajstić information content (AvgIpc) is 2.55. The Kier molecular flexibility index (Phi) is 6.25. The summed E-state index contributed by atoms with van der Waals surface area (Å²) in [5, 5.41) is 13.4. The molecule has 4 nitrogen and oxygen atoms in total. The van der Waals surface area contributed by atoms with Crippen molar-refractivity contribution in [1.29, 1.82) is 0 Å². The highest BCUT2D eigenvalue weighted by Gasteiger charge is 2.10. The van der Waals surface area contributed by atoms with Crippen LogP contribution in [0.25, 0.3) is 0 Å². The van der Waals surface area contributed by atoms with Gasteiger partial charge in [-0.05, 0) is 18.1 Å². The standard InChI is InChI=1S/C18H23NO3/c1-21-17-10-6-9-15(18(17)22-2)12-19-13-16(20)11-14-7-4-3-5-8-14/h3-10,16,19-20H,11-13H2,1-2H3. The van der Waals surface area contributed by atoms with Gasteiger partial charge in [-0.1, -0.05) is 42.5 Å². The van der Waals surface area contributed by atoms with Gasteiger partial charge < -0.3 is 19.9 Å². The first-order valence-electron chi connectivity index (χ1n) is 7.37. The van der Waals surface area contributed by atoms with Crippen LogP contribution in [0, 0.1) is 0 Å². The Labute approximate surface area is 131 Å². The monoisotopic (exact) mass is 301 g/mol. The van der Waals surface area contributed by atoms with E-state index in [0.29, 0.717) is 25.3 Å². The quantitative estimate of drug-likeness (QED) is 0.786. The molecule has 0 aliphatic carbocycles. The third kappa shape index (κ3) is 4.48. The van der Waals surface area contributed by atoms with E-state index in [-0.39, 0.29) is 0 Å². The molecule has 0 saturated heterocycles. The van der Waals surface area contributed by atoms with Gasteiger partial charge in [-0.25, -0.2) is 0 Å². The van der Waals surface area contributed by atoms with Gasteiger partial charge in [0.15, 0.2) is 11.5 Å². The molecule has 0 bridgehead atoms. The van der Waals surface area contributed by atoms with Crippen LogP contribution in [0.2, 0.25) is 0 Å². The molecule has 2 aromatic carbocycles. The molecule has 0 spiro atoms. The van der Waals surface area contributed by atoms with Crippen LogP contribution in [-0.4, -0.2) is 32.0 Å². The summed E-state index contributed by atoms with van der Waals surface area (Å²) < 4.78 is 10.7. The molecule has 2 aromatic rings. The van der Waals surface area contributed by atoms with Crippen molar-refractivity contribution in [1.82, 2.24) is 5.32 Å². The number of aliphatic hydroxyl groups is 1. The maximum Gasteiger partial charge on any atom is 0.165 e. The number of methoxy groups -OCH3 is 2. The molecule has 1 unspecified atom stereocenters. The molecular weight excluding hydrogens is 278 g/mol. The van der Waals surface area contributed by atoms with E-state index in [1.54, 1.807) is 14.2 Å². The fourth-order valence-corrected chi connectivity index (χ4v) is 2.42. The summed E-state index contributed by atoms with van der Waals surface area (Å²) in [6.07, 6.45) is 0.224. The van der Waals surface area contributed by atoms with Crippen LogP contribution >= 0.6 is 0 Å². The smallest absolute Gasteiger partial charge is 0.165 e. The SMILES string of the molecule is COc1cccc(CNCC(O)Cc2ccccc2)c1OC. The summed E-state index contributed by atoms with van der Waals surface area (Å²) >= 11 is 0. The molecule has 0 radical (unpaired) electrons. The number of rotatable bonds is 8. The van der Waals surface area contributed by atoms with Gasteiger partial charge in [-0.3, -0.25) is 0 Å². The van der Waals surface area contributed by atoms with Gasteiger partial charge in [0, 0.05) is 18.7 Å². The molecule has 2 rings (SSSR count). The van der Waals surface area contributed by atoms with Gasteiger partial charge in [0.1, 0.15) is 0 Å². The molecule has 22 heavy (non-hydrogen) atoms. The third-order valence-electron chi connectivity index (χ3n) is 3.49. The molecule has 0 aromatic heterocycles. The predicted molar refractivity (Wildman–Crippen MR) is 87.4 cm³/mol. The predicted octanol–water partition coefficient (Wildman–Crippen LogP) is 2.40. The van der Waals surface area contributed by atoms with Crippen LogP contribution in [0.1, 0.15) is 11.1 Å². The molecule has 0 fully saturated rings. The molecule has 4 heteroatoms. The Morgan fingerprint density at radius 1 is 1.00 bits per heavy atom. The molecule has 118 valence electrons. The average molecular weight is 301 g/mol. The normalized spacial score (nSPS) is 12.0. The second-order valence-electron chi connectivity index (χ2n) is 5.13. The summed E-state index contributed by atoms with van der Waals surface area (Å²) in [4.78, 5) is 0. The summed E-state index contributed by atoms with van der Waals surface area (Å²) in [6.45, 7) is 1.14. The summed E-state index contributed by atoms with van der Waals surface area (Å²) in [6, 6.07) is 15.8. The van der Waals surface area contributed by atoms with Gasteiger partial charge in [-0.2, -0.15) is 0 Å². The lowest BCUT2D eigenvalue weighted by atomic mass is 10.1. The van der Waals surface area contributed by atoms with Crippen molar-refractivity contribution in [3.8, 4) is 11.5 Å². The second kappa shape index (κ2) is 8.41. The zero-order valence-electron chi connectivity index (χ0n) is 13.1. The lowest BCUT2D eigenvalue weighted by molar-refractivity contribution is 0.171. The lowest BCUT2D eigenvalue weighted by Gasteiger charge is -2.15. The van der Waals surface area contributed by atoms with Crippen LogP contribution in [0.15, 0.2) is 48.5 Å². The van der Waals surface area contributed by atoms with Crippen molar-refractivity contribution in [3.63, 3.8) is 0 Å². The maximum atomic E-state index is 10.1. The largest absolute Gasteiger partial charge is 0.493 e. The summed E-state index contributed by atoms with van der Waals surface area (Å²) in [7, 11) is 3.25. The number of hydrogen-bond donors (Lipinski definition) is 2. The third-order valence-corrected chi connectivity index (χ3v) is 3.49. The molecule has 0 aliphatic heterocycles. The number of nitrogens with one attached hydrogen (secondary N) is 1. The highest BCUT2D eigenvalue weighted by molar-refractivity contribution is 5.46. The molecule has 0 heterocycles. The highest BCUT2D eigenvalue weighted by atomic mass is 16.5. The van der Waals surface area contributed by atoms with Crippen LogP contribution in [0.4, 0.5) is 0 Å². The summed E-state index contributed by atoms with van der Waals surface area (Å²) in [5.74, 6) is 1.45. The van der Waals surface area contributed by atoms with Crippen LogP contribution in [0.5, 0.6) is 11.5 Å². The van der Waals surface area contributed by atoms with E-state index >= 15 is 0 Å². The van der Waals surface area contributed by atoms with Crippen LogP contribution in [-0.2, 0) is 13.0 Å². The Morgan fingerprint density at radius 2 is 1.77 bits per heavy atom. The first-order chi connectivity index (χ1) is 10.7. The second-order valence-corrected chi connectivity index (χ2v) is 5.13. The molecule has 1 atom stereocenters. The number of para-hydroxylation sites is 1. The van der Waals surface area contributed by atoms with E-state index < -0.39 is 6.10 Å². The highest BCUT2D eigenvalue weighted by Crippen LogP contribution is 2.30. The topological polar surface area (TPSA) is 50.7 Å². The molecule has 0 aliphatic rings. The van der Waals surface area contributed by atoms with E-state index in [9.17, 15) is 5.11 Å². The minimum absolute atomic E-state index is 0.418. The van der Waals surface area contributed by atoms with E-state index in [4.69, 9.17) is 9.47 Å². The van der Waals surface area contributed by atoms with Crippen LogP contribution < -0.4 is 14.8 Å². The van der Waals surface area contributed by atoms with Gasteiger partial charge in [0.05, 0.1) is 20.3 Å². The van der Waals surface area contributed by atoms with Crippen LogP contribution in [0.3, 0.4) is 0 Å². The Bertz CT molecular complexity index is 572. The first kappa shape index (κ1) is 16.3. The molecule has 0 amide bonds. The van der Waals surface area contributed by atoms with E-state index in [2.05, 4.69) is 5.32 Å². The van der Waals surface area contributed by atoms with Gasteiger partial charge in [0.2, 0.25) is 0 Å². The zero-order valence-corrected chi connectivity index (χ0v) is 13.1. The van der Waals surface area contributed by atoms with Crippen molar-refractivity contribution >= 4 is 0 Å². The van der Waals surface area contributed by atoms with Crippen molar-refractivity contribution < 1.29 is 14.6 Å². The van der Waals surface area contributed by atoms with E-state index in [1.165, 1.54) is 0 Å². The number of ether oxygens (including phenoxy) is 2. The van der Waals surface area contributed by atoms with Gasteiger partial charge in [-0.15, -0.1) is 0 Å². The summed E-state index contributed by atoms with van der Waals surface area (Å²) in [5.41, 5.74) is 2.14. The van der Waals surface area contributed by atoms with Gasteiger partial charge >= 0.3 is 0 Å². The molecular formula is C18H23NO3. The van der Waals surface area contributed by atoms with Crippen molar-refractivity contribution in [2.45, 2.75) is 19.1 Å². The minimum Gasteiger partial charge on any atom is -0.493 e. The van der Waals surface area contributed by atoms with Crippen molar-refractivity contribution in [2.24, 2.45) is 0 Å². The van der Waals surface area contributed by atoms with Gasteiger partial charge in [0.25, 0.3) is 0 Å². The Hall–Kier alpha value is -2.04. The zero-order chi connectivity index (χ0) is 15.8. The van der Waals surface area contributed by atoms with E-state index in [0.717, 1.165) is 16.9 Å². The molecule has 0 saturated carbocycles. The van der Waals surface area contributed by atoms with Crippen molar-refractivity contribution in [3.05, 3.63) is 59.7 Å².